The molecule has 1 N–H and O–H groups in total. The summed E-state index contributed by atoms with van der Waals surface area (Å²) in [5.74, 6) is 0.0870. The minimum absolute atomic E-state index is 0.141. The average molecular weight is 414 g/mol. The lowest BCUT2D eigenvalue weighted by molar-refractivity contribution is 0.0701. The number of benzene rings is 2. The lowest BCUT2D eigenvalue weighted by Crippen LogP contribution is -2.38. The van der Waals surface area contributed by atoms with E-state index in [0.717, 1.165) is 24.2 Å². The molecule has 0 radical (unpaired) electrons. The highest BCUT2D eigenvalue weighted by molar-refractivity contribution is 5.94. The van der Waals surface area contributed by atoms with E-state index in [-0.39, 0.29) is 17.5 Å². The number of nitrogens with zero attached hydrogens (tertiary/aromatic N) is 3. The molecule has 0 spiro atoms. The molecule has 2 aromatic carbocycles. The van der Waals surface area contributed by atoms with Crippen molar-refractivity contribution < 1.29 is 9.18 Å². The van der Waals surface area contributed by atoms with Crippen LogP contribution in [-0.4, -0.2) is 38.8 Å². The summed E-state index contributed by atoms with van der Waals surface area (Å²) in [6.07, 6.45) is 1.70. The van der Waals surface area contributed by atoms with Gasteiger partial charge in [0.1, 0.15) is 5.82 Å². The summed E-state index contributed by atoms with van der Waals surface area (Å²) in [6.45, 7) is 3.31. The number of piperidine rings is 1. The molecule has 0 saturated carbocycles. The van der Waals surface area contributed by atoms with Gasteiger partial charge in [0.15, 0.2) is 5.82 Å². The first-order chi connectivity index (χ1) is 15.1. The van der Waals surface area contributed by atoms with Gasteiger partial charge in [-0.25, -0.2) is 9.37 Å². The lowest BCUT2D eigenvalue weighted by Gasteiger charge is -2.31. The van der Waals surface area contributed by atoms with E-state index in [1.807, 2.05) is 30.0 Å². The number of amides is 1. The summed E-state index contributed by atoms with van der Waals surface area (Å²) in [6, 6.07) is 18.9. The van der Waals surface area contributed by atoms with E-state index in [9.17, 15) is 9.18 Å². The van der Waals surface area contributed by atoms with Crippen LogP contribution >= 0.6 is 0 Å². The lowest BCUT2D eigenvalue weighted by atomic mass is 9.91. The maximum Gasteiger partial charge on any atom is 0.289 e. The zero-order valence-electron chi connectivity index (χ0n) is 17.3. The molecule has 3 heterocycles. The summed E-state index contributed by atoms with van der Waals surface area (Å²) >= 11 is 0. The number of carbonyl (C=O) groups is 1. The fraction of sp³-hybridized carbons (Fsp3) is 0.240. The summed E-state index contributed by atoms with van der Waals surface area (Å²) in [4.78, 5) is 26.8. The zero-order chi connectivity index (χ0) is 21.4. The molecule has 0 bridgehead atoms. The predicted molar refractivity (Wildman–Crippen MR) is 118 cm³/mol. The van der Waals surface area contributed by atoms with Crippen molar-refractivity contribution in [2.45, 2.75) is 25.7 Å². The van der Waals surface area contributed by atoms with Gasteiger partial charge in [-0.3, -0.25) is 9.78 Å². The second-order valence-corrected chi connectivity index (χ2v) is 8.10. The molecule has 6 heteroatoms. The number of likely N-dealkylation sites (tertiary alicyclic amines) is 1. The maximum atomic E-state index is 13.4. The van der Waals surface area contributed by atoms with E-state index in [1.165, 1.54) is 23.3 Å². The van der Waals surface area contributed by atoms with E-state index < -0.39 is 0 Å². The molecule has 0 atom stereocenters. The van der Waals surface area contributed by atoms with E-state index in [2.05, 4.69) is 34.2 Å². The van der Waals surface area contributed by atoms with Gasteiger partial charge < -0.3 is 9.88 Å². The molecule has 1 saturated heterocycles. The van der Waals surface area contributed by atoms with Crippen LogP contribution in [0.25, 0.3) is 22.2 Å². The number of pyridine rings is 1. The number of fused-ring (bicyclic) bond motifs is 1. The molecule has 4 aromatic rings. The van der Waals surface area contributed by atoms with E-state index in [1.54, 1.807) is 6.07 Å². The number of carbonyl (C=O) groups excluding carboxylic acids is 1. The standard InChI is InChI=1S/C25H23FN4O/c1-16-13-19(17-5-3-2-4-6-17)14-22(27-16)18-9-11-30(12-10-18)25(31)24-28-21-8-7-20(26)15-23(21)29-24/h2-8,13-15,18H,9-12H2,1H3,(H,28,29). The Labute approximate surface area is 180 Å². The Kier molecular flexibility index (Phi) is 4.98. The van der Waals surface area contributed by atoms with E-state index >= 15 is 0 Å². The van der Waals surface area contributed by atoms with Crippen LogP contribution in [0.2, 0.25) is 0 Å². The van der Waals surface area contributed by atoms with Gasteiger partial charge in [-0.05, 0) is 61.2 Å². The van der Waals surface area contributed by atoms with Crippen LogP contribution in [-0.2, 0) is 0 Å². The molecule has 0 unspecified atom stereocenters. The second-order valence-electron chi connectivity index (χ2n) is 8.10. The number of aromatic nitrogens is 3. The van der Waals surface area contributed by atoms with Crippen LogP contribution < -0.4 is 0 Å². The van der Waals surface area contributed by atoms with Gasteiger partial charge in [-0.2, -0.15) is 0 Å². The molecule has 1 aliphatic rings. The van der Waals surface area contributed by atoms with Gasteiger partial charge in [0, 0.05) is 30.4 Å². The molecule has 2 aromatic heterocycles. The first-order valence-corrected chi connectivity index (χ1v) is 10.6. The summed E-state index contributed by atoms with van der Waals surface area (Å²) < 4.78 is 13.4. The highest BCUT2D eigenvalue weighted by Crippen LogP contribution is 2.31. The topological polar surface area (TPSA) is 61.9 Å². The Morgan fingerprint density at radius 3 is 2.55 bits per heavy atom. The molecule has 0 aliphatic carbocycles. The highest BCUT2D eigenvalue weighted by Gasteiger charge is 2.27. The van der Waals surface area contributed by atoms with Crippen LogP contribution in [0, 0.1) is 12.7 Å². The maximum absolute atomic E-state index is 13.4. The van der Waals surface area contributed by atoms with Gasteiger partial charge in [0.25, 0.3) is 5.91 Å². The molecule has 156 valence electrons. The fourth-order valence-corrected chi connectivity index (χ4v) is 4.31. The van der Waals surface area contributed by atoms with Gasteiger partial charge in [-0.1, -0.05) is 30.3 Å². The number of rotatable bonds is 3. The van der Waals surface area contributed by atoms with Crippen LogP contribution in [0.3, 0.4) is 0 Å². The molecule has 5 nitrogen and oxygen atoms in total. The van der Waals surface area contributed by atoms with Crippen molar-refractivity contribution >= 4 is 16.9 Å². The van der Waals surface area contributed by atoms with Crippen molar-refractivity contribution in [1.29, 1.82) is 0 Å². The van der Waals surface area contributed by atoms with Gasteiger partial charge in [0.05, 0.1) is 11.0 Å². The Bertz CT molecular complexity index is 1240. The van der Waals surface area contributed by atoms with Crippen molar-refractivity contribution in [2.75, 3.05) is 13.1 Å². The van der Waals surface area contributed by atoms with Crippen molar-refractivity contribution in [3.63, 3.8) is 0 Å². The third-order valence-electron chi connectivity index (χ3n) is 5.93. The van der Waals surface area contributed by atoms with E-state index in [4.69, 9.17) is 4.98 Å². The van der Waals surface area contributed by atoms with Crippen molar-refractivity contribution in [3.8, 4) is 11.1 Å². The first-order valence-electron chi connectivity index (χ1n) is 10.6. The third kappa shape index (κ3) is 3.93. The van der Waals surface area contributed by atoms with Crippen molar-refractivity contribution in [3.05, 3.63) is 83.7 Å². The number of H-pyrrole nitrogens is 1. The largest absolute Gasteiger partial charge is 0.336 e. The molecule has 1 aliphatic heterocycles. The smallest absolute Gasteiger partial charge is 0.289 e. The first kappa shape index (κ1) is 19.4. The number of hydrogen-bond acceptors (Lipinski definition) is 3. The number of imidazole rings is 1. The van der Waals surface area contributed by atoms with Crippen molar-refractivity contribution in [1.82, 2.24) is 19.9 Å². The van der Waals surface area contributed by atoms with Crippen LogP contribution in [0.4, 0.5) is 4.39 Å². The Hall–Kier alpha value is -3.54. The summed E-state index contributed by atoms with van der Waals surface area (Å²) in [7, 11) is 0. The molecule has 1 fully saturated rings. The number of halogens is 1. The fourth-order valence-electron chi connectivity index (χ4n) is 4.31. The molecular weight excluding hydrogens is 391 g/mol. The quantitative estimate of drug-likeness (QED) is 0.508. The number of aryl methyl sites for hydroxylation is 1. The van der Waals surface area contributed by atoms with E-state index in [0.29, 0.717) is 30.0 Å². The van der Waals surface area contributed by atoms with Gasteiger partial charge in [-0.15, -0.1) is 0 Å². The molecule has 1 amide bonds. The number of hydrogen-bond donors (Lipinski definition) is 1. The Morgan fingerprint density at radius 2 is 1.77 bits per heavy atom. The Balaban J connectivity index is 1.31. The molecule has 5 rings (SSSR count). The third-order valence-corrected chi connectivity index (χ3v) is 5.93. The molecule has 31 heavy (non-hydrogen) atoms. The minimum Gasteiger partial charge on any atom is -0.336 e. The average Bonchev–Trinajstić information content (AvgIpc) is 3.22. The number of nitrogens with one attached hydrogen (secondary N) is 1. The van der Waals surface area contributed by atoms with Gasteiger partial charge in [0.2, 0.25) is 0 Å². The normalized spacial score (nSPS) is 14.8. The highest BCUT2D eigenvalue weighted by atomic mass is 19.1. The number of aromatic amines is 1. The second kappa shape index (κ2) is 7.95. The SMILES string of the molecule is Cc1cc(-c2ccccc2)cc(C2CCN(C(=O)c3nc4ccc(F)cc4[nH]3)CC2)n1. The van der Waals surface area contributed by atoms with Crippen LogP contribution in [0.1, 0.15) is 40.8 Å². The summed E-state index contributed by atoms with van der Waals surface area (Å²) in [5, 5.41) is 0. The van der Waals surface area contributed by atoms with Gasteiger partial charge >= 0.3 is 0 Å². The Morgan fingerprint density at radius 1 is 1.00 bits per heavy atom. The molecular formula is C25H23FN4O. The van der Waals surface area contributed by atoms with Crippen molar-refractivity contribution in [2.24, 2.45) is 0 Å². The summed E-state index contributed by atoms with van der Waals surface area (Å²) in [5.41, 5.74) is 5.58. The monoisotopic (exact) mass is 414 g/mol. The predicted octanol–water partition coefficient (Wildman–Crippen LogP) is 5.09. The minimum atomic E-state index is -0.350. The zero-order valence-corrected chi connectivity index (χ0v) is 17.3. The van der Waals surface area contributed by atoms with Crippen LogP contribution in [0.5, 0.6) is 0 Å². The van der Waals surface area contributed by atoms with Crippen LogP contribution in [0.15, 0.2) is 60.7 Å².